The Labute approximate surface area is 121 Å². The van der Waals surface area contributed by atoms with E-state index in [2.05, 4.69) is 41.6 Å². The van der Waals surface area contributed by atoms with Gasteiger partial charge in [0.15, 0.2) is 0 Å². The molecule has 1 atom stereocenters. The monoisotopic (exact) mass is 272 g/mol. The van der Waals surface area contributed by atoms with Crippen molar-refractivity contribution in [3.8, 4) is 0 Å². The molecule has 1 unspecified atom stereocenters. The average molecular weight is 272 g/mol. The second-order valence-corrected chi connectivity index (χ2v) is 5.03. The van der Waals surface area contributed by atoms with E-state index in [1.54, 1.807) is 0 Å². The summed E-state index contributed by atoms with van der Waals surface area (Å²) in [5.41, 5.74) is 11.2. The summed E-state index contributed by atoms with van der Waals surface area (Å²) in [6, 6.07) is 4.22. The van der Waals surface area contributed by atoms with E-state index in [9.17, 15) is 0 Å². The summed E-state index contributed by atoms with van der Waals surface area (Å²) in [5, 5.41) is 4.59. The van der Waals surface area contributed by atoms with Gasteiger partial charge in [-0.1, -0.05) is 13.8 Å². The molecule has 4 nitrogen and oxygen atoms in total. The van der Waals surface area contributed by atoms with Crippen LogP contribution in [0, 0.1) is 0 Å². The summed E-state index contributed by atoms with van der Waals surface area (Å²) in [7, 11) is 0. The zero-order valence-corrected chi connectivity index (χ0v) is 12.6. The van der Waals surface area contributed by atoms with Crippen LogP contribution in [-0.2, 0) is 25.8 Å². The highest BCUT2D eigenvalue weighted by Crippen LogP contribution is 2.20. The molecule has 0 bridgehead atoms. The van der Waals surface area contributed by atoms with E-state index in [1.165, 1.54) is 16.8 Å². The highest BCUT2D eigenvalue weighted by atomic mass is 15.3. The Hall–Kier alpha value is -1.68. The van der Waals surface area contributed by atoms with E-state index in [1.807, 2.05) is 18.5 Å². The van der Waals surface area contributed by atoms with Crippen LogP contribution in [0.5, 0.6) is 0 Å². The second-order valence-electron chi connectivity index (χ2n) is 5.03. The van der Waals surface area contributed by atoms with Gasteiger partial charge in [-0.15, -0.1) is 0 Å². The molecule has 2 aromatic rings. The Morgan fingerprint density at radius 1 is 1.25 bits per heavy atom. The summed E-state index contributed by atoms with van der Waals surface area (Å²) in [6.45, 7) is 7.27. The molecule has 0 aliphatic heterocycles. The molecular formula is C16H24N4. The van der Waals surface area contributed by atoms with E-state index in [0.29, 0.717) is 0 Å². The normalized spacial score (nSPS) is 12.6. The van der Waals surface area contributed by atoms with Crippen molar-refractivity contribution >= 4 is 0 Å². The molecule has 0 radical (unpaired) electrons. The van der Waals surface area contributed by atoms with Gasteiger partial charge < -0.3 is 5.73 Å². The first kappa shape index (κ1) is 14.7. The van der Waals surface area contributed by atoms with Gasteiger partial charge in [-0.3, -0.25) is 9.67 Å². The number of hydrogen-bond donors (Lipinski definition) is 1. The highest BCUT2D eigenvalue weighted by molar-refractivity contribution is 5.28. The summed E-state index contributed by atoms with van der Waals surface area (Å²) in [6.07, 6.45) is 6.49. The fourth-order valence-electron chi connectivity index (χ4n) is 2.56. The Balaban J connectivity index is 2.22. The Bertz CT molecular complexity index is 559. The topological polar surface area (TPSA) is 56.7 Å². The lowest BCUT2D eigenvalue weighted by Gasteiger charge is -2.16. The van der Waals surface area contributed by atoms with E-state index >= 15 is 0 Å². The van der Waals surface area contributed by atoms with Gasteiger partial charge in [0.2, 0.25) is 0 Å². The lowest BCUT2D eigenvalue weighted by molar-refractivity contribution is 0.583. The molecule has 20 heavy (non-hydrogen) atoms. The zero-order valence-electron chi connectivity index (χ0n) is 12.6. The molecule has 2 heterocycles. The first-order chi connectivity index (χ1) is 9.69. The third-order valence-electron chi connectivity index (χ3n) is 3.73. The molecule has 108 valence electrons. The van der Waals surface area contributed by atoms with E-state index in [4.69, 9.17) is 5.73 Å². The first-order valence-corrected chi connectivity index (χ1v) is 7.43. The molecule has 2 aromatic heterocycles. The number of nitrogens with zero attached hydrogens (tertiary/aromatic N) is 3. The molecule has 0 saturated heterocycles. The predicted molar refractivity (Wildman–Crippen MR) is 81.5 cm³/mol. The van der Waals surface area contributed by atoms with Gasteiger partial charge in [-0.05, 0) is 43.0 Å². The van der Waals surface area contributed by atoms with Gasteiger partial charge in [0.05, 0.1) is 5.69 Å². The molecular weight excluding hydrogens is 248 g/mol. The van der Waals surface area contributed by atoms with Crippen LogP contribution in [-0.4, -0.2) is 14.8 Å². The average Bonchev–Trinajstić information content (AvgIpc) is 2.89. The molecule has 0 saturated carbocycles. The highest BCUT2D eigenvalue weighted by Gasteiger charge is 2.14. The molecule has 0 aliphatic carbocycles. The largest absolute Gasteiger partial charge is 0.324 e. The zero-order chi connectivity index (χ0) is 14.5. The van der Waals surface area contributed by atoms with Crippen LogP contribution < -0.4 is 5.73 Å². The van der Waals surface area contributed by atoms with Crippen molar-refractivity contribution in [1.82, 2.24) is 14.8 Å². The minimum atomic E-state index is -0.000318. The number of nitrogens with two attached hydrogens (primary N) is 1. The standard InChI is InChI=1S/C16H24N4/c1-4-12-11-18-8-7-15(12)16(17)10-14-9-13(5-2)19-20(14)6-3/h7-9,11,16H,4-6,10,17H2,1-3H3. The van der Waals surface area contributed by atoms with Crippen LogP contribution in [0.25, 0.3) is 0 Å². The second kappa shape index (κ2) is 6.66. The van der Waals surface area contributed by atoms with Crippen LogP contribution in [0.15, 0.2) is 24.5 Å². The third kappa shape index (κ3) is 3.07. The van der Waals surface area contributed by atoms with Crippen molar-refractivity contribution in [3.05, 3.63) is 47.0 Å². The fourth-order valence-corrected chi connectivity index (χ4v) is 2.56. The molecule has 2 rings (SSSR count). The fraction of sp³-hybridized carbons (Fsp3) is 0.500. The summed E-state index contributed by atoms with van der Waals surface area (Å²) >= 11 is 0. The number of pyridine rings is 1. The lowest BCUT2D eigenvalue weighted by Crippen LogP contribution is -2.17. The van der Waals surface area contributed by atoms with Crippen LogP contribution in [0.1, 0.15) is 49.3 Å². The van der Waals surface area contributed by atoms with Crippen molar-refractivity contribution in [2.45, 2.75) is 52.6 Å². The van der Waals surface area contributed by atoms with Crippen LogP contribution >= 0.6 is 0 Å². The van der Waals surface area contributed by atoms with Crippen molar-refractivity contribution in [3.63, 3.8) is 0 Å². The SMILES string of the molecule is CCc1cc(CC(N)c2ccncc2CC)n(CC)n1. The minimum absolute atomic E-state index is 0.000318. The minimum Gasteiger partial charge on any atom is -0.324 e. The molecule has 0 fully saturated rings. The van der Waals surface area contributed by atoms with Gasteiger partial charge in [0.1, 0.15) is 0 Å². The van der Waals surface area contributed by atoms with E-state index in [0.717, 1.165) is 31.5 Å². The van der Waals surface area contributed by atoms with Gasteiger partial charge in [-0.2, -0.15) is 5.10 Å². The maximum atomic E-state index is 6.41. The van der Waals surface area contributed by atoms with Gasteiger partial charge in [-0.25, -0.2) is 0 Å². The smallest absolute Gasteiger partial charge is 0.0624 e. The summed E-state index contributed by atoms with van der Waals surface area (Å²) in [4.78, 5) is 4.18. The number of aryl methyl sites for hydroxylation is 3. The third-order valence-corrected chi connectivity index (χ3v) is 3.73. The Kier molecular flexibility index (Phi) is 4.90. The van der Waals surface area contributed by atoms with Gasteiger partial charge in [0, 0.05) is 37.1 Å². The van der Waals surface area contributed by atoms with Crippen LogP contribution in [0.3, 0.4) is 0 Å². The number of hydrogen-bond acceptors (Lipinski definition) is 3. The summed E-state index contributed by atoms with van der Waals surface area (Å²) < 4.78 is 2.06. The van der Waals surface area contributed by atoms with Crippen molar-refractivity contribution < 1.29 is 0 Å². The van der Waals surface area contributed by atoms with Gasteiger partial charge in [0.25, 0.3) is 0 Å². The molecule has 4 heteroatoms. The maximum absolute atomic E-state index is 6.41. The number of aromatic nitrogens is 3. The molecule has 0 aliphatic rings. The summed E-state index contributed by atoms with van der Waals surface area (Å²) in [5.74, 6) is 0. The molecule has 0 amide bonds. The quantitative estimate of drug-likeness (QED) is 0.879. The molecule has 0 spiro atoms. The van der Waals surface area contributed by atoms with Crippen molar-refractivity contribution in [2.75, 3.05) is 0 Å². The van der Waals surface area contributed by atoms with Crippen LogP contribution in [0.2, 0.25) is 0 Å². The Morgan fingerprint density at radius 2 is 2.05 bits per heavy atom. The van der Waals surface area contributed by atoms with Gasteiger partial charge >= 0.3 is 0 Å². The molecule has 2 N–H and O–H groups in total. The van der Waals surface area contributed by atoms with E-state index < -0.39 is 0 Å². The van der Waals surface area contributed by atoms with Crippen molar-refractivity contribution in [1.29, 1.82) is 0 Å². The van der Waals surface area contributed by atoms with Crippen molar-refractivity contribution in [2.24, 2.45) is 5.73 Å². The molecule has 0 aromatic carbocycles. The Morgan fingerprint density at radius 3 is 2.70 bits per heavy atom. The lowest BCUT2D eigenvalue weighted by atomic mass is 9.98. The van der Waals surface area contributed by atoms with Crippen LogP contribution in [0.4, 0.5) is 0 Å². The maximum Gasteiger partial charge on any atom is 0.0624 e. The van der Waals surface area contributed by atoms with E-state index in [-0.39, 0.29) is 6.04 Å². The first-order valence-electron chi connectivity index (χ1n) is 7.43. The predicted octanol–water partition coefficient (Wildman–Crippen LogP) is 2.67. The number of rotatable bonds is 6.